The van der Waals surface area contributed by atoms with Gasteiger partial charge in [0.25, 0.3) is 0 Å². The first-order valence-corrected chi connectivity index (χ1v) is 6.61. The number of halogens is 2. The maximum Gasteiger partial charge on any atom is 0.157 e. The van der Waals surface area contributed by atoms with E-state index in [-0.39, 0.29) is 21.4 Å². The van der Waals surface area contributed by atoms with Gasteiger partial charge in [-0.1, -0.05) is 53.0 Å². The van der Waals surface area contributed by atoms with Gasteiger partial charge in [-0.3, -0.25) is 0 Å². The molecule has 0 unspecified atom stereocenters. The Morgan fingerprint density at radius 2 is 1.70 bits per heavy atom. The minimum atomic E-state index is -1.33. The molecule has 0 aromatic heterocycles. The number of carbonyl (C=O) groups excluding carboxylic acids is 1. The predicted octanol–water partition coefficient (Wildman–Crippen LogP) is 3.24. The van der Waals surface area contributed by atoms with Crippen LogP contribution in [0.1, 0.15) is 21.5 Å². The Bertz CT molecular complexity index is 613. The second-order valence-electron chi connectivity index (χ2n) is 4.33. The number of hydrogen-bond donors (Lipinski definition) is 0. The van der Waals surface area contributed by atoms with E-state index < -0.39 is 5.97 Å². The second kappa shape index (κ2) is 6.16. The normalized spacial score (nSPS) is 10.3. The molecule has 0 amide bonds. The van der Waals surface area contributed by atoms with Crippen LogP contribution < -0.4 is 9.84 Å². The number of carboxylic acid groups (broad SMARTS) is 1. The summed E-state index contributed by atoms with van der Waals surface area (Å²) in [5.74, 6) is -1.07. The molecule has 2 aromatic carbocycles. The van der Waals surface area contributed by atoms with E-state index in [9.17, 15) is 9.90 Å². The summed E-state index contributed by atoms with van der Waals surface area (Å²) in [7, 11) is 0. The van der Waals surface area contributed by atoms with Crippen LogP contribution >= 0.6 is 23.2 Å². The minimum Gasteiger partial charge on any atom is -0.545 e. The summed E-state index contributed by atoms with van der Waals surface area (Å²) in [6, 6.07) is 10.3. The minimum absolute atomic E-state index is 0.0808. The standard InChI is InChI=1S/C15H12Cl2O3/c1-9-2-4-10(5-3-9)8-20-14-12(16)6-11(15(18)19)7-13(14)17/h2-7H,8H2,1H3,(H,18,19)/p-1. The van der Waals surface area contributed by atoms with Gasteiger partial charge in [0.05, 0.1) is 16.0 Å². The molecule has 0 radical (unpaired) electrons. The first-order valence-electron chi connectivity index (χ1n) is 5.86. The average molecular weight is 310 g/mol. The third kappa shape index (κ3) is 3.44. The lowest BCUT2D eigenvalue weighted by molar-refractivity contribution is -0.255. The zero-order valence-electron chi connectivity index (χ0n) is 10.7. The van der Waals surface area contributed by atoms with E-state index in [0.717, 1.165) is 11.1 Å². The number of benzene rings is 2. The molecule has 20 heavy (non-hydrogen) atoms. The van der Waals surface area contributed by atoms with E-state index in [1.165, 1.54) is 12.1 Å². The summed E-state index contributed by atoms with van der Waals surface area (Å²) in [5.41, 5.74) is 2.04. The van der Waals surface area contributed by atoms with Crippen LogP contribution in [-0.2, 0) is 6.61 Å². The highest BCUT2D eigenvalue weighted by Gasteiger charge is 2.10. The smallest absolute Gasteiger partial charge is 0.157 e. The first-order chi connectivity index (χ1) is 9.47. The van der Waals surface area contributed by atoms with Gasteiger partial charge in [-0.05, 0) is 24.6 Å². The first kappa shape index (κ1) is 14.7. The summed E-state index contributed by atoms with van der Waals surface area (Å²) >= 11 is 11.9. The van der Waals surface area contributed by atoms with Crippen molar-refractivity contribution in [2.24, 2.45) is 0 Å². The van der Waals surface area contributed by atoms with Crippen LogP contribution in [0, 0.1) is 6.92 Å². The SMILES string of the molecule is Cc1ccc(COc2c(Cl)cc(C(=O)[O-])cc2Cl)cc1. The van der Waals surface area contributed by atoms with Gasteiger partial charge in [0.15, 0.2) is 5.75 Å². The number of hydrogen-bond acceptors (Lipinski definition) is 3. The number of carboxylic acids is 1. The fourth-order valence-electron chi connectivity index (χ4n) is 1.66. The van der Waals surface area contributed by atoms with Crippen LogP contribution in [0.5, 0.6) is 5.75 Å². The third-order valence-electron chi connectivity index (χ3n) is 2.74. The molecule has 0 saturated carbocycles. The Labute approximate surface area is 126 Å². The molecule has 0 bridgehead atoms. The highest BCUT2D eigenvalue weighted by atomic mass is 35.5. The van der Waals surface area contributed by atoms with E-state index in [0.29, 0.717) is 6.61 Å². The van der Waals surface area contributed by atoms with Crippen molar-refractivity contribution in [1.29, 1.82) is 0 Å². The molecule has 2 aromatic rings. The lowest BCUT2D eigenvalue weighted by Gasteiger charge is -2.12. The largest absolute Gasteiger partial charge is 0.545 e. The molecule has 0 aliphatic carbocycles. The van der Waals surface area contributed by atoms with Crippen molar-refractivity contribution in [1.82, 2.24) is 0 Å². The van der Waals surface area contributed by atoms with Crippen LogP contribution in [0.2, 0.25) is 10.0 Å². The highest BCUT2D eigenvalue weighted by molar-refractivity contribution is 6.37. The zero-order chi connectivity index (χ0) is 14.7. The molecule has 3 nitrogen and oxygen atoms in total. The van der Waals surface area contributed by atoms with Gasteiger partial charge in [-0.15, -0.1) is 0 Å². The molecular formula is C15H11Cl2O3-. The molecule has 0 aliphatic rings. The molecule has 0 atom stereocenters. The summed E-state index contributed by atoms with van der Waals surface area (Å²) in [5, 5.41) is 11.0. The molecule has 5 heteroatoms. The fourth-order valence-corrected chi connectivity index (χ4v) is 2.25. The lowest BCUT2D eigenvalue weighted by atomic mass is 10.2. The van der Waals surface area contributed by atoms with Crippen LogP contribution in [-0.4, -0.2) is 5.97 Å². The van der Waals surface area contributed by atoms with E-state index in [2.05, 4.69) is 0 Å². The Morgan fingerprint density at radius 1 is 1.15 bits per heavy atom. The molecule has 0 fully saturated rings. The lowest BCUT2D eigenvalue weighted by Crippen LogP contribution is -2.22. The molecule has 2 rings (SSSR count). The van der Waals surface area contributed by atoms with E-state index >= 15 is 0 Å². The van der Waals surface area contributed by atoms with Crippen molar-refractivity contribution in [3.63, 3.8) is 0 Å². The molecule has 0 heterocycles. The van der Waals surface area contributed by atoms with Gasteiger partial charge >= 0.3 is 0 Å². The maximum atomic E-state index is 10.8. The number of aryl methyl sites for hydroxylation is 1. The van der Waals surface area contributed by atoms with Crippen molar-refractivity contribution in [3.8, 4) is 5.75 Å². The van der Waals surface area contributed by atoms with Gasteiger partial charge < -0.3 is 14.6 Å². The van der Waals surface area contributed by atoms with Crippen LogP contribution in [0.25, 0.3) is 0 Å². The van der Waals surface area contributed by atoms with Crippen LogP contribution in [0.15, 0.2) is 36.4 Å². The van der Waals surface area contributed by atoms with E-state index in [1.54, 1.807) is 0 Å². The van der Waals surface area contributed by atoms with Crippen molar-refractivity contribution >= 4 is 29.2 Å². The molecule has 0 spiro atoms. The molecule has 0 N–H and O–H groups in total. The number of rotatable bonds is 4. The Kier molecular flexibility index (Phi) is 4.53. The topological polar surface area (TPSA) is 49.4 Å². The van der Waals surface area contributed by atoms with Gasteiger partial charge in [0.2, 0.25) is 0 Å². The average Bonchev–Trinajstić information content (AvgIpc) is 2.39. The monoisotopic (exact) mass is 309 g/mol. The van der Waals surface area contributed by atoms with E-state index in [1.807, 2.05) is 31.2 Å². The Morgan fingerprint density at radius 3 is 2.20 bits per heavy atom. The maximum absolute atomic E-state index is 10.8. The van der Waals surface area contributed by atoms with Crippen LogP contribution in [0.4, 0.5) is 0 Å². The van der Waals surface area contributed by atoms with Crippen molar-refractivity contribution < 1.29 is 14.6 Å². The number of aromatic carboxylic acids is 1. The summed E-state index contributed by atoms with van der Waals surface area (Å²) in [4.78, 5) is 10.8. The van der Waals surface area contributed by atoms with Gasteiger partial charge in [-0.25, -0.2) is 0 Å². The number of carbonyl (C=O) groups is 1. The molecule has 0 aliphatic heterocycles. The van der Waals surface area contributed by atoms with E-state index in [4.69, 9.17) is 27.9 Å². The fraction of sp³-hybridized carbons (Fsp3) is 0.133. The quantitative estimate of drug-likeness (QED) is 0.871. The van der Waals surface area contributed by atoms with Gasteiger partial charge in [0.1, 0.15) is 6.61 Å². The number of ether oxygens (including phenoxy) is 1. The van der Waals surface area contributed by atoms with Gasteiger partial charge in [-0.2, -0.15) is 0 Å². The second-order valence-corrected chi connectivity index (χ2v) is 5.15. The highest BCUT2D eigenvalue weighted by Crippen LogP contribution is 2.34. The zero-order valence-corrected chi connectivity index (χ0v) is 12.2. The third-order valence-corrected chi connectivity index (χ3v) is 3.30. The summed E-state index contributed by atoms with van der Waals surface area (Å²) in [6.45, 7) is 2.29. The molecule has 0 saturated heterocycles. The molecular weight excluding hydrogens is 299 g/mol. The molecule has 104 valence electrons. The Balaban J connectivity index is 2.17. The predicted molar refractivity (Wildman–Crippen MR) is 76.3 cm³/mol. The van der Waals surface area contributed by atoms with Crippen molar-refractivity contribution in [2.45, 2.75) is 13.5 Å². The summed E-state index contributed by atoms with van der Waals surface area (Å²) in [6.07, 6.45) is 0. The summed E-state index contributed by atoms with van der Waals surface area (Å²) < 4.78 is 5.55. The van der Waals surface area contributed by atoms with Crippen LogP contribution in [0.3, 0.4) is 0 Å². The Hall–Kier alpha value is -1.71. The van der Waals surface area contributed by atoms with Crippen molar-refractivity contribution in [2.75, 3.05) is 0 Å². The van der Waals surface area contributed by atoms with Crippen molar-refractivity contribution in [3.05, 3.63) is 63.1 Å². The van der Waals surface area contributed by atoms with Gasteiger partial charge in [0, 0.05) is 5.56 Å².